The number of nitrogens with one attached hydrogen (secondary N) is 1. The van der Waals surface area contributed by atoms with Gasteiger partial charge in [0.1, 0.15) is 24.2 Å². The maximum absolute atomic E-state index is 12.6. The number of piperidine rings is 2. The Labute approximate surface area is 155 Å². The molecule has 1 aromatic rings. The molecular formula is C21H30NO4+. The first-order chi connectivity index (χ1) is 12.4. The average Bonchev–Trinajstić information content (AvgIpc) is 3.02. The minimum Gasteiger partial charge on any atom is -0.468 e. The number of rotatable bonds is 3. The number of fused-ring (bicyclic) bond motifs is 2. The molecule has 26 heavy (non-hydrogen) atoms. The van der Waals surface area contributed by atoms with E-state index in [9.17, 15) is 9.59 Å². The molecule has 0 spiro atoms. The Bertz CT molecular complexity index is 703. The smallest absolute Gasteiger partial charge is 0.342 e. The fourth-order valence-corrected chi connectivity index (χ4v) is 5.24. The number of furan rings is 1. The quantitative estimate of drug-likeness (QED) is 0.841. The van der Waals surface area contributed by atoms with Crippen LogP contribution in [0.4, 0.5) is 0 Å². The Morgan fingerprint density at radius 2 is 2.04 bits per heavy atom. The highest BCUT2D eigenvalue weighted by Crippen LogP contribution is 2.37. The Balaban J connectivity index is 1.43. The molecule has 3 aliphatic rings. The molecule has 5 heteroatoms. The van der Waals surface area contributed by atoms with Crippen molar-refractivity contribution >= 4 is 11.8 Å². The van der Waals surface area contributed by atoms with Gasteiger partial charge in [-0.15, -0.1) is 0 Å². The summed E-state index contributed by atoms with van der Waals surface area (Å²) in [7, 11) is 0. The van der Waals surface area contributed by atoms with Gasteiger partial charge in [0, 0.05) is 18.8 Å². The molecule has 0 bridgehead atoms. The third kappa shape index (κ3) is 3.34. The zero-order chi connectivity index (χ0) is 18.3. The number of ketones is 1. The Kier molecular flexibility index (Phi) is 4.68. The number of carbonyl (C=O) groups is 2. The third-order valence-corrected chi connectivity index (χ3v) is 6.50. The summed E-state index contributed by atoms with van der Waals surface area (Å²) in [6, 6.07) is 0.631. The predicted molar refractivity (Wildman–Crippen MR) is 96.5 cm³/mol. The molecule has 1 aliphatic carbocycles. The van der Waals surface area contributed by atoms with E-state index >= 15 is 0 Å². The van der Waals surface area contributed by atoms with Gasteiger partial charge in [-0.1, -0.05) is 13.8 Å². The molecule has 0 saturated carbocycles. The van der Waals surface area contributed by atoms with Crippen LogP contribution in [-0.4, -0.2) is 37.5 Å². The molecule has 3 heterocycles. The zero-order valence-electron chi connectivity index (χ0n) is 15.9. The second-order valence-electron chi connectivity index (χ2n) is 9.15. The lowest BCUT2D eigenvalue weighted by atomic mass is 9.76. The highest BCUT2D eigenvalue weighted by molar-refractivity contribution is 6.07. The van der Waals surface area contributed by atoms with E-state index in [1.165, 1.54) is 45.0 Å². The number of ether oxygens (including phenoxy) is 1. The van der Waals surface area contributed by atoms with E-state index in [4.69, 9.17) is 9.15 Å². The van der Waals surface area contributed by atoms with Gasteiger partial charge in [0.25, 0.3) is 0 Å². The largest absolute Gasteiger partial charge is 0.468 e. The molecule has 2 saturated heterocycles. The normalized spacial score (nSPS) is 30.4. The highest BCUT2D eigenvalue weighted by Gasteiger charge is 2.39. The van der Waals surface area contributed by atoms with Crippen LogP contribution in [0.15, 0.2) is 10.7 Å². The van der Waals surface area contributed by atoms with E-state index in [-0.39, 0.29) is 11.2 Å². The van der Waals surface area contributed by atoms with Crippen molar-refractivity contribution in [1.29, 1.82) is 0 Å². The van der Waals surface area contributed by atoms with E-state index in [0.29, 0.717) is 48.3 Å². The number of quaternary nitrogens is 1. The fraction of sp³-hybridized carbons (Fsp3) is 0.714. The second kappa shape index (κ2) is 6.84. The summed E-state index contributed by atoms with van der Waals surface area (Å²) in [5.74, 6) is 0.683. The summed E-state index contributed by atoms with van der Waals surface area (Å²) in [4.78, 5) is 26.9. The monoisotopic (exact) mass is 360 g/mol. The molecule has 1 aromatic heterocycles. The molecule has 0 amide bonds. The standard InChI is InChI=1S/C21H29NO4/c1-21(2)10-17(23)19-15(13-25-18(19)11-21)20(24)26-12-14-6-5-9-22-8-4-3-7-16(14)22/h13-14,16H,3-12H2,1-2H3/p+1/t14-,16-/m1/s1. The van der Waals surface area contributed by atoms with Crippen molar-refractivity contribution < 1.29 is 23.6 Å². The van der Waals surface area contributed by atoms with E-state index in [1.807, 2.05) is 0 Å². The zero-order valence-corrected chi connectivity index (χ0v) is 15.9. The van der Waals surface area contributed by atoms with Gasteiger partial charge in [0.2, 0.25) is 0 Å². The van der Waals surface area contributed by atoms with Crippen molar-refractivity contribution in [3.05, 3.63) is 23.2 Å². The maximum atomic E-state index is 12.6. The van der Waals surface area contributed by atoms with Crippen LogP contribution < -0.4 is 4.90 Å². The van der Waals surface area contributed by atoms with Crippen molar-refractivity contribution in [3.63, 3.8) is 0 Å². The number of hydrogen-bond donors (Lipinski definition) is 1. The fourth-order valence-electron chi connectivity index (χ4n) is 5.24. The molecule has 5 nitrogen and oxygen atoms in total. The number of esters is 1. The van der Waals surface area contributed by atoms with Crippen LogP contribution in [0.2, 0.25) is 0 Å². The first kappa shape index (κ1) is 17.8. The summed E-state index contributed by atoms with van der Waals surface area (Å²) in [6.07, 6.45) is 8.75. The highest BCUT2D eigenvalue weighted by atomic mass is 16.5. The van der Waals surface area contributed by atoms with E-state index in [2.05, 4.69) is 13.8 Å². The van der Waals surface area contributed by atoms with Crippen molar-refractivity contribution in [3.8, 4) is 0 Å². The Morgan fingerprint density at radius 3 is 2.88 bits per heavy atom. The van der Waals surface area contributed by atoms with Gasteiger partial charge in [-0.2, -0.15) is 0 Å². The molecule has 2 fully saturated rings. The summed E-state index contributed by atoms with van der Waals surface area (Å²) in [5, 5.41) is 0. The van der Waals surface area contributed by atoms with Gasteiger partial charge in [-0.3, -0.25) is 4.79 Å². The first-order valence-corrected chi connectivity index (χ1v) is 10.1. The number of carbonyl (C=O) groups excluding carboxylic acids is 2. The van der Waals surface area contributed by atoms with Crippen LogP contribution in [0.25, 0.3) is 0 Å². The topological polar surface area (TPSA) is 61.0 Å². The molecule has 142 valence electrons. The van der Waals surface area contributed by atoms with E-state index in [1.54, 1.807) is 4.90 Å². The molecule has 0 radical (unpaired) electrons. The van der Waals surface area contributed by atoms with Gasteiger partial charge >= 0.3 is 5.97 Å². The third-order valence-electron chi connectivity index (χ3n) is 6.50. The van der Waals surface area contributed by atoms with Gasteiger partial charge in [-0.25, -0.2) is 4.79 Å². The minimum absolute atomic E-state index is 0.00230. The molecule has 0 aromatic carbocycles. The Morgan fingerprint density at radius 1 is 1.23 bits per heavy atom. The maximum Gasteiger partial charge on any atom is 0.342 e. The van der Waals surface area contributed by atoms with Crippen LogP contribution in [-0.2, 0) is 11.2 Å². The van der Waals surface area contributed by atoms with E-state index < -0.39 is 5.97 Å². The summed E-state index contributed by atoms with van der Waals surface area (Å²) >= 11 is 0. The SMILES string of the molecule is CC1(C)CC(=O)c2c(C(=O)OC[C@H]3CCC[NH+]4CCCC[C@H]34)coc2C1. The minimum atomic E-state index is -0.397. The van der Waals surface area contributed by atoms with Crippen LogP contribution >= 0.6 is 0 Å². The number of hydrogen-bond acceptors (Lipinski definition) is 4. The van der Waals surface area contributed by atoms with Gasteiger partial charge in [-0.05, 0) is 37.5 Å². The average molecular weight is 360 g/mol. The lowest BCUT2D eigenvalue weighted by Crippen LogP contribution is -3.18. The molecule has 3 atom stereocenters. The van der Waals surface area contributed by atoms with Gasteiger partial charge < -0.3 is 14.1 Å². The van der Waals surface area contributed by atoms with E-state index in [0.717, 1.165) is 6.42 Å². The summed E-state index contributed by atoms with van der Waals surface area (Å²) in [5.41, 5.74) is 0.672. The number of Topliss-reactive ketones (excluding diaryl/α,β-unsaturated/α-hetero) is 1. The van der Waals surface area contributed by atoms with Crippen molar-refractivity contribution in [1.82, 2.24) is 0 Å². The molecule has 2 aliphatic heterocycles. The van der Waals surface area contributed by atoms with Gasteiger partial charge in [0.05, 0.1) is 24.7 Å². The molecular weight excluding hydrogens is 330 g/mol. The molecule has 1 N–H and O–H groups in total. The van der Waals surface area contributed by atoms with Crippen LogP contribution in [0.5, 0.6) is 0 Å². The van der Waals surface area contributed by atoms with Crippen LogP contribution in [0.3, 0.4) is 0 Å². The second-order valence-corrected chi connectivity index (χ2v) is 9.15. The van der Waals surface area contributed by atoms with Crippen LogP contribution in [0, 0.1) is 11.3 Å². The Hall–Kier alpha value is -1.62. The summed E-state index contributed by atoms with van der Waals surface area (Å²) < 4.78 is 11.2. The molecule has 4 rings (SSSR count). The van der Waals surface area contributed by atoms with Crippen molar-refractivity contribution in [2.24, 2.45) is 11.3 Å². The predicted octanol–water partition coefficient (Wildman–Crippen LogP) is 2.44. The lowest BCUT2D eigenvalue weighted by Gasteiger charge is -2.40. The van der Waals surface area contributed by atoms with Crippen LogP contribution in [0.1, 0.15) is 78.8 Å². The van der Waals surface area contributed by atoms with Crippen molar-refractivity contribution in [2.75, 3.05) is 19.7 Å². The van der Waals surface area contributed by atoms with Crippen molar-refractivity contribution in [2.45, 2.75) is 64.8 Å². The first-order valence-electron chi connectivity index (χ1n) is 10.1. The lowest BCUT2D eigenvalue weighted by molar-refractivity contribution is -0.940. The van der Waals surface area contributed by atoms with Gasteiger partial charge in [0.15, 0.2) is 5.78 Å². The summed E-state index contributed by atoms with van der Waals surface area (Å²) in [6.45, 7) is 7.08. The molecule has 1 unspecified atom stereocenters.